The molecule has 0 spiro atoms. The minimum Gasteiger partial charge on any atom is -0.478 e. The molecule has 0 heterocycles. The van der Waals surface area contributed by atoms with Crippen molar-refractivity contribution in [2.75, 3.05) is 20.3 Å². The van der Waals surface area contributed by atoms with Gasteiger partial charge in [-0.25, -0.2) is 13.2 Å². The second-order valence-corrected chi connectivity index (χ2v) is 6.18. The van der Waals surface area contributed by atoms with E-state index in [-0.39, 0.29) is 23.7 Å². The number of ether oxygens (including phenoxy) is 1. The summed E-state index contributed by atoms with van der Waals surface area (Å²) in [6.45, 7) is 0.279. The van der Waals surface area contributed by atoms with Gasteiger partial charge in [-0.1, -0.05) is 4.89 Å². The van der Waals surface area contributed by atoms with E-state index in [4.69, 9.17) is 14.7 Å². The van der Waals surface area contributed by atoms with Gasteiger partial charge < -0.3 is 9.84 Å². The van der Waals surface area contributed by atoms with Crippen LogP contribution in [0.1, 0.15) is 10.4 Å². The first-order valence-electron chi connectivity index (χ1n) is 5.04. The zero-order valence-corrected chi connectivity index (χ0v) is 12.9. The zero-order valence-electron chi connectivity index (χ0n) is 9.92. The third-order valence-electron chi connectivity index (χ3n) is 2.04. The largest absolute Gasteiger partial charge is 0.478 e. The Morgan fingerprint density at radius 3 is 2.68 bits per heavy atom. The molecule has 0 aliphatic heterocycles. The molecule has 0 radical (unpaired) electrons. The number of carboxylic acids is 1. The molecule has 2 N–H and O–H groups in total. The molecule has 0 unspecified atom stereocenters. The van der Waals surface area contributed by atoms with Gasteiger partial charge >= 0.3 is 5.97 Å². The monoisotopic (exact) mass is 401 g/mol. The fourth-order valence-corrected chi connectivity index (χ4v) is 2.55. The van der Waals surface area contributed by atoms with Gasteiger partial charge in [0.15, 0.2) is 0 Å². The second-order valence-electron chi connectivity index (χ2n) is 3.37. The fourth-order valence-electron chi connectivity index (χ4n) is 1.13. The van der Waals surface area contributed by atoms with Gasteiger partial charge in [0.05, 0.1) is 23.7 Å². The highest BCUT2D eigenvalue weighted by Gasteiger charge is 2.18. The first kappa shape index (κ1) is 16.3. The summed E-state index contributed by atoms with van der Waals surface area (Å²) in [5.41, 5.74) is -0.0830. The van der Waals surface area contributed by atoms with Crippen molar-refractivity contribution in [3.63, 3.8) is 0 Å². The number of hydrogen-bond donors (Lipinski definition) is 2. The van der Waals surface area contributed by atoms with E-state index < -0.39 is 16.0 Å². The molecule has 0 bridgehead atoms. The van der Waals surface area contributed by atoms with Crippen molar-refractivity contribution in [3.8, 4) is 0 Å². The van der Waals surface area contributed by atoms with Crippen LogP contribution in [0.2, 0.25) is 0 Å². The SMILES string of the molecule is COCCONS(=O)(=O)c1ccc(I)c(C(=O)O)c1. The van der Waals surface area contributed by atoms with E-state index in [1.807, 2.05) is 27.5 Å². The van der Waals surface area contributed by atoms with Crippen LogP contribution in [0, 0.1) is 3.57 Å². The van der Waals surface area contributed by atoms with Crippen molar-refractivity contribution in [2.45, 2.75) is 4.90 Å². The third-order valence-corrected chi connectivity index (χ3v) is 4.19. The first-order valence-corrected chi connectivity index (χ1v) is 7.60. The number of benzene rings is 1. The van der Waals surface area contributed by atoms with Crippen LogP contribution >= 0.6 is 22.6 Å². The molecule has 19 heavy (non-hydrogen) atoms. The number of halogens is 1. The van der Waals surface area contributed by atoms with Crippen LogP contribution < -0.4 is 4.89 Å². The quantitative estimate of drug-likeness (QED) is 0.399. The van der Waals surface area contributed by atoms with Gasteiger partial charge in [0, 0.05) is 10.7 Å². The normalized spacial score (nSPS) is 11.5. The predicted octanol–water partition coefficient (Wildman–Crippen LogP) is 0.846. The summed E-state index contributed by atoms with van der Waals surface area (Å²) in [5, 5.41) is 8.93. The molecule has 0 aromatic heterocycles. The van der Waals surface area contributed by atoms with E-state index in [1.54, 1.807) is 0 Å². The summed E-state index contributed by atoms with van der Waals surface area (Å²) in [6, 6.07) is 3.79. The Bertz CT molecular complexity index is 559. The van der Waals surface area contributed by atoms with E-state index >= 15 is 0 Å². The van der Waals surface area contributed by atoms with Crippen molar-refractivity contribution >= 4 is 38.6 Å². The van der Waals surface area contributed by atoms with Crippen LogP contribution in [0.4, 0.5) is 0 Å². The van der Waals surface area contributed by atoms with Gasteiger partial charge in [0.1, 0.15) is 0 Å². The molecule has 0 saturated heterocycles. The average molecular weight is 401 g/mol. The maximum absolute atomic E-state index is 11.8. The molecule has 0 amide bonds. The van der Waals surface area contributed by atoms with Crippen LogP contribution in [0.3, 0.4) is 0 Å². The van der Waals surface area contributed by atoms with Gasteiger partial charge in [0.2, 0.25) is 0 Å². The Kier molecular flexibility index (Phi) is 6.13. The van der Waals surface area contributed by atoms with Crippen molar-refractivity contribution in [1.82, 2.24) is 4.89 Å². The standard InChI is InChI=1S/C10H12INO6S/c1-17-4-5-18-12-19(15,16)7-2-3-9(11)8(6-7)10(13)14/h2-3,6,12H,4-5H2,1H3,(H,13,14). The van der Waals surface area contributed by atoms with E-state index in [2.05, 4.69) is 0 Å². The second kappa shape index (κ2) is 7.14. The first-order chi connectivity index (χ1) is 8.88. The highest BCUT2D eigenvalue weighted by Crippen LogP contribution is 2.17. The fraction of sp³-hybridized carbons (Fsp3) is 0.300. The summed E-state index contributed by atoms with van der Waals surface area (Å²) in [7, 11) is -2.45. The van der Waals surface area contributed by atoms with E-state index in [9.17, 15) is 13.2 Å². The van der Waals surface area contributed by atoms with E-state index in [0.717, 1.165) is 6.07 Å². The number of aromatic carboxylic acids is 1. The molecule has 1 aromatic carbocycles. The number of nitrogens with one attached hydrogen (secondary N) is 1. The molecule has 1 rings (SSSR count). The number of carboxylic acid groups (broad SMARTS) is 1. The lowest BCUT2D eigenvalue weighted by Gasteiger charge is -2.08. The van der Waals surface area contributed by atoms with Gasteiger partial charge in [-0.2, -0.15) is 0 Å². The number of carbonyl (C=O) groups is 1. The molecular weight excluding hydrogens is 389 g/mol. The summed E-state index contributed by atoms with van der Waals surface area (Å²) in [6.07, 6.45) is 0. The predicted molar refractivity (Wildman–Crippen MR) is 74.3 cm³/mol. The zero-order chi connectivity index (χ0) is 14.5. The highest BCUT2D eigenvalue weighted by molar-refractivity contribution is 14.1. The van der Waals surface area contributed by atoms with Crippen molar-refractivity contribution < 1.29 is 27.9 Å². The van der Waals surface area contributed by atoms with Crippen LogP contribution in [0.15, 0.2) is 23.1 Å². The Hall–Kier alpha value is -0.750. The maximum Gasteiger partial charge on any atom is 0.336 e. The van der Waals surface area contributed by atoms with Gasteiger partial charge in [-0.05, 0) is 40.8 Å². The number of hydrogen-bond acceptors (Lipinski definition) is 5. The topological polar surface area (TPSA) is 102 Å². The maximum atomic E-state index is 11.8. The molecule has 0 aliphatic carbocycles. The number of rotatable bonds is 7. The minimum absolute atomic E-state index is 0.0475. The molecular formula is C10H12INO6S. The summed E-state index contributed by atoms with van der Waals surface area (Å²) < 4.78 is 28.8. The lowest BCUT2D eigenvalue weighted by atomic mass is 10.2. The summed E-state index contributed by atoms with van der Waals surface area (Å²) in [4.78, 5) is 17.4. The Labute approximate surface area is 124 Å². The number of sulfonamides is 1. The van der Waals surface area contributed by atoms with Crippen molar-refractivity contribution in [1.29, 1.82) is 0 Å². The summed E-state index contributed by atoms with van der Waals surface area (Å²) >= 11 is 1.82. The lowest BCUT2D eigenvalue weighted by Crippen LogP contribution is -2.26. The molecule has 7 nitrogen and oxygen atoms in total. The van der Waals surface area contributed by atoms with Crippen LogP contribution in [0.5, 0.6) is 0 Å². The van der Waals surface area contributed by atoms with Crippen molar-refractivity contribution in [3.05, 3.63) is 27.3 Å². The Morgan fingerprint density at radius 2 is 2.11 bits per heavy atom. The van der Waals surface area contributed by atoms with Crippen LogP contribution in [-0.4, -0.2) is 39.8 Å². The smallest absolute Gasteiger partial charge is 0.336 e. The van der Waals surface area contributed by atoms with Gasteiger partial charge in [0.25, 0.3) is 10.0 Å². The Morgan fingerprint density at radius 1 is 1.42 bits per heavy atom. The van der Waals surface area contributed by atoms with Gasteiger partial charge in [-0.15, -0.1) is 0 Å². The molecule has 0 aliphatic rings. The van der Waals surface area contributed by atoms with E-state index in [1.165, 1.54) is 19.2 Å². The third kappa shape index (κ3) is 4.69. The number of methoxy groups -OCH3 is 1. The van der Waals surface area contributed by atoms with Crippen LogP contribution in [-0.2, 0) is 19.6 Å². The average Bonchev–Trinajstić information content (AvgIpc) is 2.34. The lowest BCUT2D eigenvalue weighted by molar-refractivity contribution is 0.0438. The molecule has 0 atom stereocenters. The van der Waals surface area contributed by atoms with Gasteiger partial charge in [-0.3, -0.25) is 4.84 Å². The summed E-state index contributed by atoms with van der Waals surface area (Å²) in [5.74, 6) is -1.19. The molecule has 1 aromatic rings. The molecule has 0 saturated carbocycles. The molecule has 9 heteroatoms. The minimum atomic E-state index is -3.91. The molecule has 106 valence electrons. The highest BCUT2D eigenvalue weighted by atomic mass is 127. The van der Waals surface area contributed by atoms with Crippen molar-refractivity contribution in [2.24, 2.45) is 0 Å². The molecule has 0 fully saturated rings. The van der Waals surface area contributed by atoms with Crippen LogP contribution in [0.25, 0.3) is 0 Å². The Balaban J connectivity index is 2.89. The van der Waals surface area contributed by atoms with E-state index in [0.29, 0.717) is 3.57 Å².